The smallest absolute Gasteiger partial charge is 0.271 e. The van der Waals surface area contributed by atoms with Gasteiger partial charge in [-0.2, -0.15) is 0 Å². The van der Waals surface area contributed by atoms with Crippen LogP contribution in [0.4, 0.5) is 5.82 Å². The van der Waals surface area contributed by atoms with E-state index in [0.29, 0.717) is 4.60 Å². The van der Waals surface area contributed by atoms with Crippen LogP contribution in [-0.4, -0.2) is 15.9 Å². The molecule has 0 bridgehead atoms. The van der Waals surface area contributed by atoms with E-state index in [0.717, 1.165) is 0 Å². The van der Waals surface area contributed by atoms with E-state index in [1.807, 2.05) is 0 Å². The third-order valence-electron chi connectivity index (χ3n) is 1.00. The number of rotatable bonds is 1. The number of amides is 1. The van der Waals surface area contributed by atoms with E-state index >= 15 is 0 Å². The summed E-state index contributed by atoms with van der Waals surface area (Å²) in [6.07, 6.45) is 1.36. The Balaban J connectivity index is 3.20. The SMILES string of the molecule is NC(=O)c1ncc(Br)nc1N. The number of nitrogens with two attached hydrogens (primary N) is 2. The van der Waals surface area contributed by atoms with Crippen molar-refractivity contribution in [2.24, 2.45) is 5.73 Å². The van der Waals surface area contributed by atoms with Gasteiger partial charge in [-0.1, -0.05) is 0 Å². The lowest BCUT2D eigenvalue weighted by molar-refractivity contribution is 0.0996. The van der Waals surface area contributed by atoms with Crippen molar-refractivity contribution in [3.63, 3.8) is 0 Å². The lowest BCUT2D eigenvalue weighted by atomic mass is 10.4. The summed E-state index contributed by atoms with van der Waals surface area (Å²) in [4.78, 5) is 18.0. The van der Waals surface area contributed by atoms with Crippen molar-refractivity contribution in [1.82, 2.24) is 9.97 Å². The van der Waals surface area contributed by atoms with Crippen LogP contribution in [0.3, 0.4) is 0 Å². The van der Waals surface area contributed by atoms with Gasteiger partial charge < -0.3 is 11.5 Å². The summed E-state index contributed by atoms with van der Waals surface area (Å²) in [5, 5.41) is 0. The number of nitrogen functional groups attached to an aromatic ring is 1. The molecule has 0 atom stereocenters. The zero-order chi connectivity index (χ0) is 8.43. The number of aromatic nitrogens is 2. The second-order valence-electron chi connectivity index (χ2n) is 1.79. The first-order chi connectivity index (χ1) is 5.11. The molecule has 6 heteroatoms. The maximum atomic E-state index is 10.6. The predicted molar refractivity (Wildman–Crippen MR) is 42.7 cm³/mol. The summed E-state index contributed by atoms with van der Waals surface area (Å²) in [6, 6.07) is 0. The summed E-state index contributed by atoms with van der Waals surface area (Å²) in [7, 11) is 0. The second-order valence-corrected chi connectivity index (χ2v) is 2.60. The Morgan fingerprint density at radius 1 is 1.64 bits per heavy atom. The minimum absolute atomic E-state index is 0.00630. The molecule has 58 valence electrons. The van der Waals surface area contributed by atoms with Crippen LogP contribution in [0, 0.1) is 0 Å². The Hall–Kier alpha value is -1.17. The summed E-state index contributed by atoms with van der Waals surface area (Å²) in [5.41, 5.74) is 10.2. The van der Waals surface area contributed by atoms with Gasteiger partial charge in [0.05, 0.1) is 6.20 Å². The second kappa shape index (κ2) is 2.83. The van der Waals surface area contributed by atoms with Crippen molar-refractivity contribution in [3.05, 3.63) is 16.5 Å². The fourth-order valence-electron chi connectivity index (χ4n) is 0.571. The summed E-state index contributed by atoms with van der Waals surface area (Å²) in [6.45, 7) is 0. The molecule has 1 rings (SSSR count). The molecule has 1 aromatic heterocycles. The van der Waals surface area contributed by atoms with Crippen molar-refractivity contribution in [3.8, 4) is 0 Å². The van der Waals surface area contributed by atoms with E-state index in [-0.39, 0.29) is 11.5 Å². The molecule has 0 radical (unpaired) electrons. The van der Waals surface area contributed by atoms with E-state index in [9.17, 15) is 4.79 Å². The van der Waals surface area contributed by atoms with Crippen LogP contribution in [0.1, 0.15) is 10.5 Å². The van der Waals surface area contributed by atoms with E-state index in [1.165, 1.54) is 6.20 Å². The molecule has 0 aliphatic heterocycles. The molecule has 0 fully saturated rings. The van der Waals surface area contributed by atoms with Crippen LogP contribution in [0.2, 0.25) is 0 Å². The molecule has 1 aromatic rings. The molecule has 0 spiro atoms. The average Bonchev–Trinajstić information content (AvgIpc) is 1.85. The minimum Gasteiger partial charge on any atom is -0.382 e. The van der Waals surface area contributed by atoms with E-state index < -0.39 is 5.91 Å². The fraction of sp³-hybridized carbons (Fsp3) is 0. The fourth-order valence-corrected chi connectivity index (χ4v) is 0.864. The molecule has 4 N–H and O–H groups in total. The van der Waals surface area contributed by atoms with Gasteiger partial charge in [0.2, 0.25) is 0 Å². The lowest BCUT2D eigenvalue weighted by Crippen LogP contribution is -2.16. The van der Waals surface area contributed by atoms with E-state index in [2.05, 4.69) is 25.9 Å². The molecule has 1 amide bonds. The number of nitrogens with zero attached hydrogens (tertiary/aromatic N) is 2. The predicted octanol–water partition coefficient (Wildman–Crippen LogP) is -0.0798. The number of hydrogen-bond acceptors (Lipinski definition) is 4. The molecule has 0 saturated carbocycles. The Kier molecular flexibility index (Phi) is 2.04. The quantitative estimate of drug-likeness (QED) is 0.687. The van der Waals surface area contributed by atoms with E-state index in [1.54, 1.807) is 0 Å². The minimum atomic E-state index is -0.678. The zero-order valence-electron chi connectivity index (χ0n) is 5.41. The normalized spacial score (nSPS) is 9.55. The maximum Gasteiger partial charge on any atom is 0.271 e. The molecule has 0 saturated heterocycles. The summed E-state index contributed by atoms with van der Waals surface area (Å²) >= 11 is 3.04. The standard InChI is InChI=1S/C5H5BrN4O/c6-2-1-9-3(5(8)11)4(7)10-2/h1H,(H2,7,10)(H2,8,11). The molecule has 1 heterocycles. The van der Waals surface area contributed by atoms with Crippen molar-refractivity contribution >= 4 is 27.7 Å². The van der Waals surface area contributed by atoms with Crippen molar-refractivity contribution < 1.29 is 4.79 Å². The van der Waals surface area contributed by atoms with E-state index in [4.69, 9.17) is 11.5 Å². The largest absolute Gasteiger partial charge is 0.382 e. The summed E-state index contributed by atoms with van der Waals surface area (Å²) < 4.78 is 0.472. The molecule has 0 aromatic carbocycles. The molecule has 0 unspecified atom stereocenters. The highest BCUT2D eigenvalue weighted by molar-refractivity contribution is 9.10. The number of primary amides is 1. The first-order valence-electron chi connectivity index (χ1n) is 2.69. The number of hydrogen-bond donors (Lipinski definition) is 2. The van der Waals surface area contributed by atoms with Gasteiger partial charge in [-0.15, -0.1) is 0 Å². The Morgan fingerprint density at radius 3 is 2.73 bits per heavy atom. The number of halogens is 1. The first kappa shape index (κ1) is 7.93. The average molecular weight is 217 g/mol. The van der Waals surface area contributed by atoms with Gasteiger partial charge in [-0.25, -0.2) is 9.97 Å². The van der Waals surface area contributed by atoms with Crippen molar-refractivity contribution in [2.45, 2.75) is 0 Å². The van der Waals surface area contributed by atoms with Crippen molar-refractivity contribution in [2.75, 3.05) is 5.73 Å². The molecule has 11 heavy (non-hydrogen) atoms. The van der Waals surface area contributed by atoms with Gasteiger partial charge in [0, 0.05) is 0 Å². The number of carbonyl (C=O) groups is 1. The molecular weight excluding hydrogens is 212 g/mol. The Labute approximate surface area is 70.9 Å². The third kappa shape index (κ3) is 1.64. The van der Waals surface area contributed by atoms with Crippen LogP contribution in [0.5, 0.6) is 0 Å². The third-order valence-corrected chi connectivity index (χ3v) is 1.39. The van der Waals surface area contributed by atoms with Crippen LogP contribution < -0.4 is 11.5 Å². The highest BCUT2D eigenvalue weighted by Crippen LogP contribution is 2.09. The molecular formula is C5H5BrN4O. The van der Waals surface area contributed by atoms with Gasteiger partial charge in [0.15, 0.2) is 11.5 Å². The zero-order valence-corrected chi connectivity index (χ0v) is 7.00. The van der Waals surface area contributed by atoms with Gasteiger partial charge in [0.25, 0.3) is 5.91 Å². The summed E-state index contributed by atoms with van der Waals surface area (Å²) in [5.74, 6) is -0.644. The molecule has 5 nitrogen and oxygen atoms in total. The highest BCUT2D eigenvalue weighted by Gasteiger charge is 2.07. The Morgan fingerprint density at radius 2 is 2.27 bits per heavy atom. The van der Waals surface area contributed by atoms with Gasteiger partial charge in [-0.3, -0.25) is 4.79 Å². The van der Waals surface area contributed by atoms with Crippen LogP contribution in [0.15, 0.2) is 10.8 Å². The maximum absolute atomic E-state index is 10.6. The molecule has 0 aliphatic carbocycles. The lowest BCUT2D eigenvalue weighted by Gasteiger charge is -1.97. The molecule has 0 aliphatic rings. The van der Waals surface area contributed by atoms with Gasteiger partial charge in [0.1, 0.15) is 4.60 Å². The monoisotopic (exact) mass is 216 g/mol. The van der Waals surface area contributed by atoms with Crippen molar-refractivity contribution in [1.29, 1.82) is 0 Å². The topological polar surface area (TPSA) is 94.9 Å². The Bertz CT molecular complexity index is 301. The van der Waals surface area contributed by atoms with Gasteiger partial charge in [-0.05, 0) is 15.9 Å². The number of anilines is 1. The van der Waals surface area contributed by atoms with Crippen LogP contribution in [0.25, 0.3) is 0 Å². The first-order valence-corrected chi connectivity index (χ1v) is 3.48. The number of carbonyl (C=O) groups excluding carboxylic acids is 1. The van der Waals surface area contributed by atoms with Crippen LogP contribution >= 0.6 is 15.9 Å². The van der Waals surface area contributed by atoms with Crippen LogP contribution in [-0.2, 0) is 0 Å². The highest BCUT2D eigenvalue weighted by atomic mass is 79.9. The van der Waals surface area contributed by atoms with Gasteiger partial charge >= 0.3 is 0 Å².